The van der Waals surface area contributed by atoms with E-state index in [4.69, 9.17) is 16.3 Å². The molecule has 1 fully saturated rings. The van der Waals surface area contributed by atoms with E-state index in [2.05, 4.69) is 21.8 Å². The van der Waals surface area contributed by atoms with Crippen LogP contribution in [-0.2, 0) is 26.7 Å². The molecule has 1 saturated carbocycles. The molecule has 2 N–H and O–H groups in total. The number of hydrogen-bond donors (Lipinski definition) is 2. The predicted octanol–water partition coefficient (Wildman–Crippen LogP) is 6.12. The van der Waals surface area contributed by atoms with Crippen molar-refractivity contribution in [3.05, 3.63) is 69.8 Å². The third-order valence-corrected chi connectivity index (χ3v) is 12.8. The van der Waals surface area contributed by atoms with Crippen LogP contribution in [0.1, 0.15) is 80.3 Å². The Balaban J connectivity index is 1.44. The molecule has 2 aromatic rings. The molecule has 2 aliphatic carbocycles. The van der Waals surface area contributed by atoms with Crippen LogP contribution >= 0.6 is 11.6 Å². The molecule has 44 heavy (non-hydrogen) atoms. The molecule has 4 aliphatic rings. The average Bonchev–Trinajstić information content (AvgIpc) is 3.10. The first-order valence-electron chi connectivity index (χ1n) is 15.8. The smallest absolute Gasteiger partial charge is 0.328 e. The van der Waals surface area contributed by atoms with Gasteiger partial charge in [-0.2, -0.15) is 0 Å². The second kappa shape index (κ2) is 12.0. The molecule has 1 amide bonds. The van der Waals surface area contributed by atoms with Crippen LogP contribution in [0, 0.1) is 17.8 Å². The summed E-state index contributed by atoms with van der Waals surface area (Å²) in [6, 6.07) is 11.3. The topological polar surface area (TPSA) is 113 Å². The summed E-state index contributed by atoms with van der Waals surface area (Å²) < 4.78 is 35.4. The van der Waals surface area contributed by atoms with Gasteiger partial charge in [-0.3, -0.25) is 4.79 Å². The van der Waals surface area contributed by atoms with Gasteiger partial charge in [0.2, 0.25) is 10.0 Å². The first-order valence-corrected chi connectivity index (χ1v) is 17.7. The molecular weight excluding hydrogens is 600 g/mol. The van der Waals surface area contributed by atoms with Gasteiger partial charge in [0.25, 0.3) is 5.91 Å². The summed E-state index contributed by atoms with van der Waals surface area (Å²) in [6.45, 7) is 5.31. The minimum Gasteiger partial charge on any atom is -0.490 e. The Bertz CT molecular complexity index is 1610. The van der Waals surface area contributed by atoms with Crippen LogP contribution in [-0.4, -0.2) is 50.3 Å². The SMILES string of the molecule is C[C@@H]1[C@@H](C)CCC/C(=C\C(=O)O)[C@@H]2CC[C@H]2CN2C[C@@]3(CCCc4cc(Cl)ccc43)COc3ccc(cc32)C(=O)NS1(=O)=O. The quantitative estimate of drug-likeness (QED) is 0.361. The molecule has 2 bridgehead atoms. The number of amides is 1. The van der Waals surface area contributed by atoms with Crippen LogP contribution in [0.25, 0.3) is 0 Å². The van der Waals surface area contributed by atoms with Crippen molar-refractivity contribution in [2.24, 2.45) is 17.8 Å². The summed E-state index contributed by atoms with van der Waals surface area (Å²) in [6.07, 6.45) is 8.08. The molecule has 8 nitrogen and oxygen atoms in total. The molecule has 1 spiro atoms. The first kappa shape index (κ1) is 31.0. The average molecular weight is 641 g/mol. The lowest BCUT2D eigenvalue weighted by Crippen LogP contribution is -2.48. The van der Waals surface area contributed by atoms with E-state index in [1.54, 1.807) is 25.1 Å². The summed E-state index contributed by atoms with van der Waals surface area (Å²) in [5.41, 5.74) is 4.12. The van der Waals surface area contributed by atoms with Crippen LogP contribution < -0.4 is 14.4 Å². The van der Waals surface area contributed by atoms with Crippen molar-refractivity contribution >= 4 is 39.2 Å². The number of hydrogen-bond acceptors (Lipinski definition) is 6. The Morgan fingerprint density at radius 1 is 1.11 bits per heavy atom. The minimum atomic E-state index is -3.94. The normalized spacial score (nSPS) is 31.1. The number of anilines is 1. The Hall–Kier alpha value is -3.04. The minimum absolute atomic E-state index is 0.142. The number of carbonyl (C=O) groups excluding carboxylic acids is 1. The highest BCUT2D eigenvalue weighted by molar-refractivity contribution is 7.90. The van der Waals surface area contributed by atoms with Gasteiger partial charge in [-0.25, -0.2) is 17.9 Å². The summed E-state index contributed by atoms with van der Waals surface area (Å²) in [5.74, 6) is -0.758. The lowest BCUT2D eigenvalue weighted by molar-refractivity contribution is -0.131. The van der Waals surface area contributed by atoms with Gasteiger partial charge < -0.3 is 14.7 Å². The highest BCUT2D eigenvalue weighted by Gasteiger charge is 2.44. The van der Waals surface area contributed by atoms with Crippen molar-refractivity contribution in [2.75, 3.05) is 24.6 Å². The number of aliphatic carboxylic acids is 1. The van der Waals surface area contributed by atoms with E-state index < -0.39 is 27.1 Å². The number of nitrogens with zero attached hydrogens (tertiary/aromatic N) is 1. The van der Waals surface area contributed by atoms with Crippen LogP contribution in [0.2, 0.25) is 5.02 Å². The zero-order chi connectivity index (χ0) is 31.2. The number of nitrogens with one attached hydrogen (secondary N) is 1. The summed E-state index contributed by atoms with van der Waals surface area (Å²) in [7, 11) is -3.94. The molecule has 10 heteroatoms. The summed E-state index contributed by atoms with van der Waals surface area (Å²) in [4.78, 5) is 27.6. The van der Waals surface area contributed by atoms with Crippen LogP contribution in [0.3, 0.4) is 0 Å². The van der Waals surface area contributed by atoms with Gasteiger partial charge in [0.15, 0.2) is 0 Å². The number of carboxylic acids is 1. The van der Waals surface area contributed by atoms with Gasteiger partial charge in [-0.1, -0.05) is 30.2 Å². The van der Waals surface area contributed by atoms with E-state index in [-0.39, 0.29) is 28.7 Å². The fraction of sp³-hybridized carbons (Fsp3) is 0.529. The van der Waals surface area contributed by atoms with Gasteiger partial charge in [-0.05, 0) is 118 Å². The number of ether oxygens (including phenoxy) is 1. The molecule has 2 aromatic carbocycles. The van der Waals surface area contributed by atoms with Crippen LogP contribution in [0.4, 0.5) is 5.69 Å². The van der Waals surface area contributed by atoms with E-state index >= 15 is 0 Å². The van der Waals surface area contributed by atoms with Crippen molar-refractivity contribution in [3.8, 4) is 5.75 Å². The number of carbonyl (C=O) groups is 2. The van der Waals surface area contributed by atoms with Crippen molar-refractivity contribution in [1.29, 1.82) is 0 Å². The monoisotopic (exact) mass is 640 g/mol. The fourth-order valence-corrected chi connectivity index (χ4v) is 9.29. The van der Waals surface area contributed by atoms with E-state index in [1.165, 1.54) is 17.2 Å². The third-order valence-electron chi connectivity index (χ3n) is 10.6. The number of allylic oxidation sites excluding steroid dienone is 1. The largest absolute Gasteiger partial charge is 0.490 e. The van der Waals surface area contributed by atoms with Gasteiger partial charge in [-0.15, -0.1) is 0 Å². The van der Waals surface area contributed by atoms with Crippen molar-refractivity contribution in [2.45, 2.75) is 75.9 Å². The molecule has 0 radical (unpaired) electrons. The van der Waals surface area contributed by atoms with Gasteiger partial charge in [0.05, 0.1) is 17.5 Å². The maximum absolute atomic E-state index is 13.4. The van der Waals surface area contributed by atoms with Crippen LogP contribution in [0.5, 0.6) is 5.75 Å². The number of halogens is 1. The standard InChI is InChI=1S/C34H41ClN2O6S/c1-21-5-3-6-23(17-32(38)39)28-11-8-26(28)18-37-19-34(14-4-7-24-15-27(35)10-12-29(24)34)20-43-31-13-9-25(16-30(31)37)33(40)36-44(41,42)22(21)2/h9-10,12-13,15-17,21-22,26,28H,3-8,11,14,18-20H2,1-2H3,(H,36,40)(H,38,39)/b23-17+/t21-,22+,26-,28-,34-/m0/s1. The molecule has 0 aromatic heterocycles. The Kier molecular flexibility index (Phi) is 8.48. The zero-order valence-electron chi connectivity index (χ0n) is 25.4. The van der Waals surface area contributed by atoms with Crippen molar-refractivity contribution < 1.29 is 27.9 Å². The Morgan fingerprint density at radius 2 is 1.93 bits per heavy atom. The molecule has 5 atom stereocenters. The molecule has 0 unspecified atom stereocenters. The molecule has 0 saturated heterocycles. The van der Waals surface area contributed by atoms with E-state index in [0.29, 0.717) is 49.7 Å². The molecule has 2 aliphatic heterocycles. The summed E-state index contributed by atoms with van der Waals surface area (Å²) in [5, 5.41) is 9.67. The van der Waals surface area contributed by atoms with Gasteiger partial charge in [0.1, 0.15) is 5.75 Å². The Morgan fingerprint density at radius 3 is 2.68 bits per heavy atom. The van der Waals surface area contributed by atoms with Crippen molar-refractivity contribution in [3.63, 3.8) is 0 Å². The molecule has 236 valence electrons. The molecular formula is C34H41ClN2O6S. The number of rotatable bonds is 1. The van der Waals surface area contributed by atoms with Gasteiger partial charge in [0, 0.05) is 35.2 Å². The number of fused-ring (bicyclic) bond motifs is 4. The second-order valence-electron chi connectivity index (χ2n) is 13.3. The third kappa shape index (κ3) is 5.97. The Labute approximate surface area is 264 Å². The number of benzene rings is 2. The lowest BCUT2D eigenvalue weighted by Gasteiger charge is -2.45. The van der Waals surface area contributed by atoms with E-state index in [0.717, 1.165) is 43.4 Å². The maximum Gasteiger partial charge on any atom is 0.328 e. The maximum atomic E-state index is 13.4. The predicted molar refractivity (Wildman–Crippen MR) is 171 cm³/mol. The highest BCUT2D eigenvalue weighted by Crippen LogP contribution is 2.48. The number of sulfonamides is 1. The van der Waals surface area contributed by atoms with Crippen LogP contribution in [0.15, 0.2) is 48.0 Å². The highest BCUT2D eigenvalue weighted by atomic mass is 35.5. The second-order valence-corrected chi connectivity index (χ2v) is 15.8. The van der Waals surface area contributed by atoms with E-state index in [9.17, 15) is 23.1 Å². The number of aryl methyl sites for hydroxylation is 1. The molecule has 2 heterocycles. The number of carboxylic acid groups (broad SMARTS) is 1. The lowest BCUT2D eigenvalue weighted by atomic mass is 9.67. The first-order chi connectivity index (χ1) is 21.0. The fourth-order valence-electron chi connectivity index (χ4n) is 7.79. The van der Waals surface area contributed by atoms with Gasteiger partial charge >= 0.3 is 5.97 Å². The van der Waals surface area contributed by atoms with E-state index in [1.807, 2.05) is 13.0 Å². The zero-order valence-corrected chi connectivity index (χ0v) is 26.9. The summed E-state index contributed by atoms with van der Waals surface area (Å²) >= 11 is 6.40. The van der Waals surface area contributed by atoms with Crippen molar-refractivity contribution in [1.82, 2.24) is 4.72 Å². The molecule has 6 rings (SSSR count).